The summed E-state index contributed by atoms with van der Waals surface area (Å²) >= 11 is 1.35. The van der Waals surface area contributed by atoms with Crippen LogP contribution in [-0.4, -0.2) is 35.7 Å². The van der Waals surface area contributed by atoms with Gasteiger partial charge >= 0.3 is 0 Å². The maximum Gasteiger partial charge on any atom is 0.129 e. The Bertz CT molecular complexity index is 362. The van der Waals surface area contributed by atoms with E-state index in [0.717, 1.165) is 4.90 Å². The van der Waals surface area contributed by atoms with Crippen LogP contribution >= 0.6 is 11.8 Å². The fourth-order valence-corrected chi connectivity index (χ4v) is 2.53. The average Bonchev–Trinajstić information content (AvgIpc) is 2.35. The van der Waals surface area contributed by atoms with Crippen LogP contribution in [0.1, 0.15) is 18.5 Å². The van der Waals surface area contributed by atoms with Crippen molar-refractivity contribution in [3.63, 3.8) is 0 Å². The van der Waals surface area contributed by atoms with E-state index >= 15 is 0 Å². The molecule has 0 saturated heterocycles. The summed E-state index contributed by atoms with van der Waals surface area (Å²) in [7, 11) is 1.77. The quantitative estimate of drug-likeness (QED) is 0.679. The van der Waals surface area contributed by atoms with Gasteiger partial charge in [-0.1, -0.05) is 6.07 Å². The highest BCUT2D eigenvalue weighted by Crippen LogP contribution is 2.29. The standard InChI is InChI=1S/C12H18FNO2S/c1-8(14-2)12-10(13)4-3-5-11(12)17-7-9(16)6-15/h3-5,8-9,14-16H,6-7H2,1-2H3. The molecule has 0 spiro atoms. The molecule has 3 nitrogen and oxygen atoms in total. The van der Waals surface area contributed by atoms with E-state index in [1.165, 1.54) is 17.8 Å². The van der Waals surface area contributed by atoms with Gasteiger partial charge in [-0.3, -0.25) is 0 Å². The molecule has 2 unspecified atom stereocenters. The van der Waals surface area contributed by atoms with Gasteiger partial charge in [-0.15, -0.1) is 11.8 Å². The van der Waals surface area contributed by atoms with E-state index in [9.17, 15) is 9.50 Å². The summed E-state index contributed by atoms with van der Waals surface area (Å²) in [5.74, 6) is 0.0963. The van der Waals surface area contributed by atoms with Gasteiger partial charge < -0.3 is 15.5 Å². The second-order valence-electron chi connectivity index (χ2n) is 3.81. The minimum Gasteiger partial charge on any atom is -0.394 e. The van der Waals surface area contributed by atoms with Gasteiger partial charge in [0.25, 0.3) is 0 Å². The van der Waals surface area contributed by atoms with Gasteiger partial charge in [0.2, 0.25) is 0 Å². The first kappa shape index (κ1) is 14.4. The third-order valence-corrected chi connectivity index (χ3v) is 3.74. The van der Waals surface area contributed by atoms with Gasteiger partial charge in [0.1, 0.15) is 5.82 Å². The molecule has 0 aliphatic heterocycles. The fourth-order valence-electron chi connectivity index (χ4n) is 1.45. The van der Waals surface area contributed by atoms with Crippen molar-refractivity contribution in [1.29, 1.82) is 0 Å². The molecule has 0 heterocycles. The van der Waals surface area contributed by atoms with Gasteiger partial charge in [0, 0.05) is 22.3 Å². The molecule has 0 saturated carbocycles. The summed E-state index contributed by atoms with van der Waals surface area (Å²) in [6, 6.07) is 4.80. The van der Waals surface area contributed by atoms with Crippen molar-refractivity contribution in [3.8, 4) is 0 Å². The molecule has 2 atom stereocenters. The van der Waals surface area contributed by atoms with Crippen LogP contribution in [0.5, 0.6) is 0 Å². The molecule has 0 aliphatic rings. The van der Waals surface area contributed by atoms with Crippen LogP contribution in [0.3, 0.4) is 0 Å². The maximum absolute atomic E-state index is 13.7. The second kappa shape index (κ2) is 6.96. The minimum absolute atomic E-state index is 0.0926. The highest BCUT2D eigenvalue weighted by molar-refractivity contribution is 7.99. The van der Waals surface area contributed by atoms with E-state index in [2.05, 4.69) is 5.32 Å². The van der Waals surface area contributed by atoms with Gasteiger partial charge in [-0.2, -0.15) is 0 Å². The van der Waals surface area contributed by atoms with Crippen LogP contribution in [0.4, 0.5) is 4.39 Å². The monoisotopic (exact) mass is 259 g/mol. The van der Waals surface area contributed by atoms with Crippen LogP contribution in [0.15, 0.2) is 23.1 Å². The largest absolute Gasteiger partial charge is 0.394 e. The first-order valence-electron chi connectivity index (χ1n) is 5.47. The number of hydrogen-bond acceptors (Lipinski definition) is 4. The number of rotatable bonds is 6. The Morgan fingerprint density at radius 1 is 1.47 bits per heavy atom. The highest BCUT2D eigenvalue weighted by atomic mass is 32.2. The zero-order chi connectivity index (χ0) is 12.8. The van der Waals surface area contributed by atoms with E-state index in [1.807, 2.05) is 13.0 Å². The molecule has 96 valence electrons. The number of aliphatic hydroxyl groups excluding tert-OH is 2. The number of thioether (sulfide) groups is 1. The lowest BCUT2D eigenvalue weighted by Gasteiger charge is -2.17. The van der Waals surface area contributed by atoms with Crippen LogP contribution in [0.2, 0.25) is 0 Å². The Morgan fingerprint density at radius 3 is 2.76 bits per heavy atom. The van der Waals surface area contributed by atoms with Crippen molar-refractivity contribution >= 4 is 11.8 Å². The molecule has 0 bridgehead atoms. The molecule has 0 aromatic heterocycles. The van der Waals surface area contributed by atoms with Crippen molar-refractivity contribution in [2.75, 3.05) is 19.4 Å². The lowest BCUT2D eigenvalue weighted by Crippen LogP contribution is -2.17. The highest BCUT2D eigenvalue weighted by Gasteiger charge is 2.15. The molecule has 0 radical (unpaired) electrons. The maximum atomic E-state index is 13.7. The summed E-state index contributed by atoms with van der Waals surface area (Å²) in [4.78, 5) is 0.791. The van der Waals surface area contributed by atoms with Gasteiger partial charge in [0.05, 0.1) is 12.7 Å². The number of aliphatic hydroxyl groups is 2. The van der Waals surface area contributed by atoms with Crippen LogP contribution in [0.25, 0.3) is 0 Å². The van der Waals surface area contributed by atoms with E-state index < -0.39 is 6.10 Å². The lowest BCUT2D eigenvalue weighted by atomic mass is 10.1. The molecule has 1 aromatic rings. The fraction of sp³-hybridized carbons (Fsp3) is 0.500. The lowest BCUT2D eigenvalue weighted by molar-refractivity contribution is 0.113. The van der Waals surface area contributed by atoms with Crippen LogP contribution < -0.4 is 5.32 Å². The van der Waals surface area contributed by atoms with E-state index in [0.29, 0.717) is 11.3 Å². The molecular formula is C12H18FNO2S. The molecule has 17 heavy (non-hydrogen) atoms. The summed E-state index contributed by atoms with van der Waals surface area (Å²) < 4.78 is 13.7. The summed E-state index contributed by atoms with van der Waals surface area (Å²) in [6.45, 7) is 1.60. The number of benzene rings is 1. The van der Waals surface area contributed by atoms with Crippen LogP contribution in [-0.2, 0) is 0 Å². The first-order chi connectivity index (χ1) is 8.10. The molecule has 5 heteroatoms. The zero-order valence-corrected chi connectivity index (χ0v) is 10.8. The van der Waals surface area contributed by atoms with Gasteiger partial charge in [-0.05, 0) is 26.1 Å². The third kappa shape index (κ3) is 3.96. The van der Waals surface area contributed by atoms with Crippen LogP contribution in [0, 0.1) is 5.82 Å². The Hall–Kier alpha value is -0.620. The molecule has 3 N–H and O–H groups in total. The van der Waals surface area contributed by atoms with E-state index in [4.69, 9.17) is 5.11 Å². The van der Waals surface area contributed by atoms with E-state index in [-0.39, 0.29) is 18.5 Å². The molecular weight excluding hydrogens is 241 g/mol. The van der Waals surface area contributed by atoms with Crippen molar-refractivity contribution < 1.29 is 14.6 Å². The molecule has 0 fully saturated rings. The third-order valence-electron chi connectivity index (χ3n) is 2.52. The van der Waals surface area contributed by atoms with E-state index in [1.54, 1.807) is 13.1 Å². The van der Waals surface area contributed by atoms with Gasteiger partial charge in [-0.25, -0.2) is 4.39 Å². The Balaban J connectivity index is 2.87. The van der Waals surface area contributed by atoms with Crippen molar-refractivity contribution in [1.82, 2.24) is 5.32 Å². The Kier molecular flexibility index (Phi) is 5.91. The Morgan fingerprint density at radius 2 is 2.18 bits per heavy atom. The predicted octanol–water partition coefficient (Wildman–Crippen LogP) is 1.55. The van der Waals surface area contributed by atoms with Gasteiger partial charge in [0.15, 0.2) is 0 Å². The molecule has 1 rings (SSSR count). The number of hydrogen-bond donors (Lipinski definition) is 3. The number of nitrogens with one attached hydrogen (secondary N) is 1. The minimum atomic E-state index is -0.777. The molecule has 1 aromatic carbocycles. The normalized spacial score (nSPS) is 14.6. The topological polar surface area (TPSA) is 52.5 Å². The van der Waals surface area contributed by atoms with Crippen molar-refractivity contribution in [2.45, 2.75) is 24.0 Å². The molecule has 0 aliphatic carbocycles. The average molecular weight is 259 g/mol. The number of halogens is 1. The smallest absolute Gasteiger partial charge is 0.129 e. The SMILES string of the molecule is CNC(C)c1c(F)cccc1SCC(O)CO. The first-order valence-corrected chi connectivity index (χ1v) is 6.46. The van der Waals surface area contributed by atoms with Crippen molar-refractivity contribution in [3.05, 3.63) is 29.6 Å². The second-order valence-corrected chi connectivity index (χ2v) is 4.87. The molecule has 0 amide bonds. The van der Waals surface area contributed by atoms with Crippen molar-refractivity contribution in [2.24, 2.45) is 0 Å². The Labute approximate surface area is 105 Å². The zero-order valence-electron chi connectivity index (χ0n) is 9.98. The summed E-state index contributed by atoms with van der Waals surface area (Å²) in [6.07, 6.45) is -0.777. The summed E-state index contributed by atoms with van der Waals surface area (Å²) in [5.41, 5.74) is 0.602. The summed E-state index contributed by atoms with van der Waals surface area (Å²) in [5, 5.41) is 21.0. The predicted molar refractivity (Wildman–Crippen MR) is 67.7 cm³/mol.